The summed E-state index contributed by atoms with van der Waals surface area (Å²) >= 11 is 6.16. The number of rotatable bonds is 9. The van der Waals surface area contributed by atoms with E-state index in [0.717, 1.165) is 6.07 Å². The van der Waals surface area contributed by atoms with Crippen LogP contribution in [0.25, 0.3) is 0 Å². The minimum Gasteiger partial charge on any atom is -0.387 e. The van der Waals surface area contributed by atoms with Gasteiger partial charge in [0.2, 0.25) is 5.91 Å². The third-order valence-corrected chi connectivity index (χ3v) is 5.97. The van der Waals surface area contributed by atoms with E-state index in [1.807, 2.05) is 4.90 Å². The molecule has 13 heteroatoms. The van der Waals surface area contributed by atoms with Gasteiger partial charge < -0.3 is 21.7 Å². The van der Waals surface area contributed by atoms with Crippen LogP contribution in [-0.4, -0.2) is 61.4 Å². The molecule has 1 aliphatic heterocycles. The molecule has 0 aliphatic carbocycles. The van der Waals surface area contributed by atoms with E-state index >= 15 is 0 Å². The SMILES string of the molecule is NC(=O)CC(N)=NCc1ccc(C(=O)Nc2ccc(Cl)cc2N2CCN(CCC(F)(F)F)CC2)c(F)c1. The predicted molar refractivity (Wildman–Crippen MR) is 134 cm³/mol. The fourth-order valence-corrected chi connectivity index (χ4v) is 3.99. The number of carbonyl (C=O) groups excluding carboxylic acids is 2. The van der Waals surface area contributed by atoms with Crippen LogP contribution >= 0.6 is 11.6 Å². The number of carbonyl (C=O) groups is 2. The number of nitrogens with zero attached hydrogens (tertiary/aromatic N) is 3. The largest absolute Gasteiger partial charge is 0.390 e. The molecule has 0 aromatic heterocycles. The molecule has 2 amide bonds. The first kappa shape index (κ1) is 28.2. The molecule has 0 spiro atoms. The molecule has 1 aliphatic rings. The van der Waals surface area contributed by atoms with Crippen LogP contribution in [0.5, 0.6) is 0 Å². The second kappa shape index (κ2) is 12.2. The van der Waals surface area contributed by atoms with Crippen LogP contribution in [0, 0.1) is 5.82 Å². The molecule has 1 saturated heterocycles. The third-order valence-electron chi connectivity index (χ3n) is 5.73. The maximum atomic E-state index is 14.7. The third kappa shape index (κ3) is 8.60. The molecule has 0 radical (unpaired) electrons. The molecule has 0 bridgehead atoms. The number of piperazine rings is 1. The van der Waals surface area contributed by atoms with Crippen molar-refractivity contribution in [2.75, 3.05) is 42.9 Å². The van der Waals surface area contributed by atoms with E-state index < -0.39 is 30.2 Å². The Morgan fingerprint density at radius 2 is 1.76 bits per heavy atom. The molecule has 0 saturated carbocycles. The van der Waals surface area contributed by atoms with Crippen LogP contribution in [0.15, 0.2) is 41.4 Å². The monoisotopic (exact) mass is 542 g/mol. The fraction of sp³-hybridized carbons (Fsp3) is 0.375. The summed E-state index contributed by atoms with van der Waals surface area (Å²) in [4.78, 5) is 31.4. The van der Waals surface area contributed by atoms with E-state index in [4.69, 9.17) is 23.1 Å². The maximum absolute atomic E-state index is 14.7. The van der Waals surface area contributed by atoms with Gasteiger partial charge in [0, 0.05) is 37.7 Å². The molecule has 0 unspecified atom stereocenters. The molecular weight excluding hydrogens is 516 g/mol. The lowest BCUT2D eigenvalue weighted by Gasteiger charge is -2.37. The number of nitrogens with two attached hydrogens (primary N) is 2. The standard InChI is InChI=1S/C24H27ClF4N6O2/c25-16-2-4-19(20(12-16)35-9-7-34(8-10-35)6-5-24(27,28)29)33-23(37)17-3-1-15(11-18(17)26)14-32-21(30)13-22(31)36/h1-4,11-12H,5-10,13-14H2,(H2,30,32)(H2,31,36)(H,33,37). The van der Waals surface area contributed by atoms with Gasteiger partial charge in [0.1, 0.15) is 11.7 Å². The van der Waals surface area contributed by atoms with Crippen molar-refractivity contribution in [3.8, 4) is 0 Å². The van der Waals surface area contributed by atoms with Gasteiger partial charge >= 0.3 is 6.18 Å². The predicted octanol–water partition coefficient (Wildman–Crippen LogP) is 3.54. The molecule has 5 N–H and O–H groups in total. The number of anilines is 2. The quantitative estimate of drug-likeness (QED) is 0.255. The average molecular weight is 543 g/mol. The Morgan fingerprint density at radius 1 is 1.05 bits per heavy atom. The maximum Gasteiger partial charge on any atom is 0.390 e. The van der Waals surface area contributed by atoms with Gasteiger partial charge in [-0.3, -0.25) is 19.5 Å². The zero-order valence-electron chi connectivity index (χ0n) is 19.8. The Hall–Kier alpha value is -3.38. The number of aliphatic imine (C=N–C) groups is 1. The van der Waals surface area contributed by atoms with E-state index in [0.29, 0.717) is 48.1 Å². The zero-order chi connectivity index (χ0) is 27.2. The molecule has 200 valence electrons. The van der Waals surface area contributed by atoms with Crippen LogP contribution in [0.3, 0.4) is 0 Å². The minimum atomic E-state index is -4.21. The summed E-state index contributed by atoms with van der Waals surface area (Å²) in [7, 11) is 0. The number of halogens is 5. The van der Waals surface area contributed by atoms with Crippen LogP contribution in [0.4, 0.5) is 28.9 Å². The second-order valence-corrected chi connectivity index (χ2v) is 9.01. The Bertz CT molecular complexity index is 1170. The number of amides is 2. The summed E-state index contributed by atoms with van der Waals surface area (Å²) in [6, 6.07) is 8.80. The molecule has 0 atom stereocenters. The summed E-state index contributed by atoms with van der Waals surface area (Å²) < 4.78 is 52.3. The Labute approximate surface area is 216 Å². The zero-order valence-corrected chi connectivity index (χ0v) is 20.6. The number of nitrogens with one attached hydrogen (secondary N) is 1. The average Bonchev–Trinajstić information content (AvgIpc) is 2.82. The van der Waals surface area contributed by atoms with Crippen molar-refractivity contribution in [2.24, 2.45) is 16.5 Å². The van der Waals surface area contributed by atoms with Gasteiger partial charge in [0.05, 0.1) is 36.3 Å². The number of hydrogen-bond donors (Lipinski definition) is 3. The lowest BCUT2D eigenvalue weighted by molar-refractivity contribution is -0.138. The summed E-state index contributed by atoms with van der Waals surface area (Å²) in [5.41, 5.74) is 11.9. The van der Waals surface area contributed by atoms with E-state index in [1.54, 1.807) is 23.1 Å². The van der Waals surface area contributed by atoms with Gasteiger partial charge in [-0.15, -0.1) is 0 Å². The van der Waals surface area contributed by atoms with Crippen molar-refractivity contribution in [1.82, 2.24) is 4.90 Å². The molecular formula is C24H27ClF4N6O2. The molecule has 2 aromatic carbocycles. The lowest BCUT2D eigenvalue weighted by Crippen LogP contribution is -2.47. The number of hydrogen-bond acceptors (Lipinski definition) is 5. The lowest BCUT2D eigenvalue weighted by atomic mass is 10.1. The molecule has 1 heterocycles. The highest BCUT2D eigenvalue weighted by Crippen LogP contribution is 2.31. The topological polar surface area (TPSA) is 117 Å². The number of benzene rings is 2. The summed E-state index contributed by atoms with van der Waals surface area (Å²) in [6.45, 7) is 1.63. The van der Waals surface area contributed by atoms with Crippen LogP contribution in [0.2, 0.25) is 5.02 Å². The first-order chi connectivity index (χ1) is 17.4. The van der Waals surface area contributed by atoms with Crippen LogP contribution in [0.1, 0.15) is 28.8 Å². The van der Waals surface area contributed by atoms with Crippen molar-refractivity contribution in [1.29, 1.82) is 0 Å². The van der Waals surface area contributed by atoms with Gasteiger partial charge in [-0.05, 0) is 35.9 Å². The number of alkyl halides is 3. The van der Waals surface area contributed by atoms with E-state index in [9.17, 15) is 27.2 Å². The van der Waals surface area contributed by atoms with E-state index in [-0.39, 0.29) is 30.9 Å². The van der Waals surface area contributed by atoms with Crippen molar-refractivity contribution >= 4 is 40.6 Å². The fourth-order valence-electron chi connectivity index (χ4n) is 3.83. The smallest absolute Gasteiger partial charge is 0.387 e. The van der Waals surface area contributed by atoms with E-state index in [2.05, 4.69) is 10.3 Å². The van der Waals surface area contributed by atoms with E-state index in [1.165, 1.54) is 12.1 Å². The van der Waals surface area contributed by atoms with Gasteiger partial charge in [0.15, 0.2) is 0 Å². The number of primary amides is 1. The molecule has 2 aromatic rings. The normalized spacial score (nSPS) is 15.1. The molecule has 1 fully saturated rings. The van der Waals surface area contributed by atoms with Crippen molar-refractivity contribution in [2.45, 2.75) is 25.6 Å². The van der Waals surface area contributed by atoms with Gasteiger partial charge in [0.25, 0.3) is 5.91 Å². The highest BCUT2D eigenvalue weighted by atomic mass is 35.5. The van der Waals surface area contributed by atoms with Gasteiger partial charge in [-0.25, -0.2) is 4.39 Å². The molecule has 8 nitrogen and oxygen atoms in total. The van der Waals surface area contributed by atoms with Crippen molar-refractivity contribution in [3.63, 3.8) is 0 Å². The Balaban J connectivity index is 1.67. The summed E-state index contributed by atoms with van der Waals surface area (Å²) in [5.74, 6) is -2.07. The van der Waals surface area contributed by atoms with Crippen LogP contribution in [-0.2, 0) is 11.3 Å². The first-order valence-corrected chi connectivity index (χ1v) is 11.8. The summed E-state index contributed by atoms with van der Waals surface area (Å²) in [6.07, 6.45) is -5.29. The molecule has 3 rings (SSSR count). The highest BCUT2D eigenvalue weighted by molar-refractivity contribution is 6.31. The Kier molecular flexibility index (Phi) is 9.33. The summed E-state index contributed by atoms with van der Waals surface area (Å²) in [5, 5.41) is 3.12. The minimum absolute atomic E-state index is 0.00815. The first-order valence-electron chi connectivity index (χ1n) is 11.4. The second-order valence-electron chi connectivity index (χ2n) is 8.57. The van der Waals surface area contributed by atoms with Gasteiger partial charge in [-0.1, -0.05) is 17.7 Å². The Morgan fingerprint density at radius 3 is 2.38 bits per heavy atom. The van der Waals surface area contributed by atoms with Gasteiger partial charge in [-0.2, -0.15) is 13.2 Å². The van der Waals surface area contributed by atoms with Crippen LogP contribution < -0.4 is 21.7 Å². The highest BCUT2D eigenvalue weighted by Gasteiger charge is 2.29. The van der Waals surface area contributed by atoms with Crippen molar-refractivity contribution in [3.05, 3.63) is 58.4 Å². The molecule has 37 heavy (non-hydrogen) atoms. The van der Waals surface area contributed by atoms with Crippen molar-refractivity contribution < 1.29 is 27.2 Å². The number of amidine groups is 1.